The number of methoxy groups -OCH3 is 2. The highest BCUT2D eigenvalue weighted by atomic mass is 35.5. The van der Waals surface area contributed by atoms with Gasteiger partial charge < -0.3 is 14.6 Å². The van der Waals surface area contributed by atoms with Gasteiger partial charge in [0.15, 0.2) is 11.5 Å². The van der Waals surface area contributed by atoms with Crippen molar-refractivity contribution in [3.8, 4) is 11.5 Å². The highest BCUT2D eigenvalue weighted by molar-refractivity contribution is 6.30. The molecule has 2 rings (SSSR count). The quantitative estimate of drug-likeness (QED) is 0.922. The molecule has 0 saturated heterocycles. The van der Waals surface area contributed by atoms with Crippen LogP contribution in [-0.4, -0.2) is 29.1 Å². The smallest absolute Gasteiger partial charge is 0.161 e. The van der Waals surface area contributed by atoms with Crippen LogP contribution in [0.5, 0.6) is 11.5 Å². The predicted molar refractivity (Wildman–Crippen MR) is 81.2 cm³/mol. The number of nitrogens with zero attached hydrogens (tertiary/aromatic N) is 2. The average molecular weight is 311 g/mol. The van der Waals surface area contributed by atoms with Crippen LogP contribution in [0.1, 0.15) is 22.9 Å². The van der Waals surface area contributed by atoms with Crippen LogP contribution in [0.15, 0.2) is 18.2 Å². The Labute approximate surface area is 129 Å². The molecule has 0 aliphatic heterocycles. The van der Waals surface area contributed by atoms with E-state index < -0.39 is 6.10 Å². The summed E-state index contributed by atoms with van der Waals surface area (Å²) in [5, 5.41) is 15.2. The first-order valence-electron chi connectivity index (χ1n) is 6.55. The molecular weight excluding hydrogens is 292 g/mol. The number of aryl methyl sites for hydroxylation is 2. The van der Waals surface area contributed by atoms with Gasteiger partial charge in [-0.1, -0.05) is 17.7 Å². The van der Waals surface area contributed by atoms with Gasteiger partial charge in [-0.2, -0.15) is 5.10 Å². The molecule has 114 valence electrons. The zero-order valence-electron chi connectivity index (χ0n) is 12.6. The topological polar surface area (TPSA) is 56.5 Å². The van der Waals surface area contributed by atoms with Crippen LogP contribution < -0.4 is 9.47 Å². The number of rotatable bonds is 5. The Morgan fingerprint density at radius 2 is 1.95 bits per heavy atom. The monoisotopic (exact) mass is 310 g/mol. The van der Waals surface area contributed by atoms with Gasteiger partial charge in [0.05, 0.1) is 26.0 Å². The number of aliphatic hydroxyl groups is 1. The Kier molecular flexibility index (Phi) is 4.75. The molecule has 2 aromatic rings. The number of benzene rings is 1. The molecule has 0 aliphatic carbocycles. The molecule has 0 fully saturated rings. The maximum Gasteiger partial charge on any atom is 0.161 e. The first-order valence-corrected chi connectivity index (χ1v) is 6.93. The lowest BCUT2D eigenvalue weighted by Gasteiger charge is -2.14. The van der Waals surface area contributed by atoms with E-state index in [1.54, 1.807) is 38.1 Å². The summed E-state index contributed by atoms with van der Waals surface area (Å²) in [6.07, 6.45) is -0.293. The second-order valence-electron chi connectivity index (χ2n) is 4.81. The molecule has 5 nitrogen and oxygen atoms in total. The fraction of sp³-hybridized carbons (Fsp3) is 0.400. The maximum atomic E-state index is 10.4. The SMILES string of the molecule is COc1ccc(C(O)Cc2c(C)nn(C)c2Cl)cc1OC. The minimum atomic E-state index is -0.690. The fourth-order valence-electron chi connectivity index (χ4n) is 2.28. The molecule has 1 aromatic carbocycles. The molecular formula is C15H19ClN2O3. The summed E-state index contributed by atoms with van der Waals surface area (Å²) in [4.78, 5) is 0. The summed E-state index contributed by atoms with van der Waals surface area (Å²) in [5.41, 5.74) is 2.41. The summed E-state index contributed by atoms with van der Waals surface area (Å²) < 4.78 is 12.0. The summed E-state index contributed by atoms with van der Waals surface area (Å²) in [7, 11) is 4.92. The van der Waals surface area contributed by atoms with Gasteiger partial charge in [0.1, 0.15) is 5.15 Å². The zero-order chi connectivity index (χ0) is 15.6. The maximum absolute atomic E-state index is 10.4. The lowest BCUT2D eigenvalue weighted by Crippen LogP contribution is -2.04. The van der Waals surface area contributed by atoms with Gasteiger partial charge in [-0.3, -0.25) is 4.68 Å². The Morgan fingerprint density at radius 3 is 2.48 bits per heavy atom. The molecule has 0 saturated carbocycles. The van der Waals surface area contributed by atoms with E-state index >= 15 is 0 Å². The molecule has 0 bridgehead atoms. The van der Waals surface area contributed by atoms with Gasteiger partial charge in [-0.15, -0.1) is 0 Å². The van der Waals surface area contributed by atoms with Gasteiger partial charge >= 0.3 is 0 Å². The fourth-order valence-corrected chi connectivity index (χ4v) is 2.53. The zero-order valence-corrected chi connectivity index (χ0v) is 13.3. The Morgan fingerprint density at radius 1 is 1.29 bits per heavy atom. The molecule has 1 N–H and O–H groups in total. The molecule has 0 aliphatic rings. The molecule has 6 heteroatoms. The highest BCUT2D eigenvalue weighted by Gasteiger charge is 2.18. The van der Waals surface area contributed by atoms with Crippen LogP contribution in [0.3, 0.4) is 0 Å². The minimum Gasteiger partial charge on any atom is -0.493 e. The van der Waals surface area contributed by atoms with Crippen molar-refractivity contribution in [3.63, 3.8) is 0 Å². The molecule has 0 spiro atoms. The second kappa shape index (κ2) is 6.37. The lowest BCUT2D eigenvalue weighted by atomic mass is 10.0. The second-order valence-corrected chi connectivity index (χ2v) is 5.17. The summed E-state index contributed by atoms with van der Waals surface area (Å²) >= 11 is 6.20. The van der Waals surface area contributed by atoms with Crippen LogP contribution in [0.4, 0.5) is 0 Å². The van der Waals surface area contributed by atoms with Crippen LogP contribution in [0.2, 0.25) is 5.15 Å². The van der Waals surface area contributed by atoms with Crippen LogP contribution in [0, 0.1) is 6.92 Å². The van der Waals surface area contributed by atoms with E-state index in [9.17, 15) is 5.11 Å². The molecule has 1 aromatic heterocycles. The van der Waals surface area contributed by atoms with Crippen molar-refractivity contribution in [1.82, 2.24) is 9.78 Å². The summed E-state index contributed by atoms with van der Waals surface area (Å²) in [6, 6.07) is 5.35. The van der Waals surface area contributed by atoms with Crippen LogP contribution >= 0.6 is 11.6 Å². The average Bonchev–Trinajstić information content (AvgIpc) is 2.72. The van der Waals surface area contributed by atoms with Gasteiger partial charge in [0.2, 0.25) is 0 Å². The standard InChI is InChI=1S/C15H19ClN2O3/c1-9-11(15(16)18(2)17-9)8-12(19)10-5-6-13(20-3)14(7-10)21-4/h5-7,12,19H,8H2,1-4H3. The summed E-state index contributed by atoms with van der Waals surface area (Å²) in [5.74, 6) is 1.21. The summed E-state index contributed by atoms with van der Waals surface area (Å²) in [6.45, 7) is 1.88. The number of ether oxygens (including phenoxy) is 2. The Balaban J connectivity index is 2.26. The van der Waals surface area contributed by atoms with Crippen molar-refractivity contribution in [1.29, 1.82) is 0 Å². The highest BCUT2D eigenvalue weighted by Crippen LogP contribution is 2.32. The van der Waals surface area contributed by atoms with Crippen molar-refractivity contribution in [2.24, 2.45) is 7.05 Å². The molecule has 0 amide bonds. The van der Waals surface area contributed by atoms with E-state index in [1.807, 2.05) is 13.0 Å². The van der Waals surface area contributed by atoms with Gasteiger partial charge in [0, 0.05) is 19.0 Å². The third-order valence-corrected chi connectivity index (χ3v) is 3.93. The number of aromatic nitrogens is 2. The number of hydrogen-bond donors (Lipinski definition) is 1. The van der Waals surface area contributed by atoms with Crippen molar-refractivity contribution < 1.29 is 14.6 Å². The van der Waals surface area contributed by atoms with E-state index in [1.165, 1.54) is 0 Å². The normalized spacial score (nSPS) is 12.3. The van der Waals surface area contributed by atoms with E-state index in [0.29, 0.717) is 23.1 Å². The first kappa shape index (κ1) is 15.7. The third kappa shape index (κ3) is 3.14. The minimum absolute atomic E-state index is 0.397. The van der Waals surface area contributed by atoms with Gasteiger partial charge in [-0.05, 0) is 24.6 Å². The van der Waals surface area contributed by atoms with Gasteiger partial charge in [-0.25, -0.2) is 0 Å². The molecule has 1 atom stereocenters. The number of aliphatic hydroxyl groups excluding tert-OH is 1. The molecule has 0 radical (unpaired) electrons. The van der Waals surface area contributed by atoms with Crippen molar-refractivity contribution in [2.45, 2.75) is 19.4 Å². The predicted octanol–water partition coefficient (Wildman–Crippen LogP) is 2.68. The van der Waals surface area contributed by atoms with Crippen molar-refractivity contribution in [3.05, 3.63) is 40.2 Å². The Bertz CT molecular complexity index is 640. The van der Waals surface area contributed by atoms with Crippen molar-refractivity contribution in [2.75, 3.05) is 14.2 Å². The number of halogens is 1. The van der Waals surface area contributed by atoms with Crippen LogP contribution in [-0.2, 0) is 13.5 Å². The Hall–Kier alpha value is -1.72. The van der Waals surface area contributed by atoms with Crippen molar-refractivity contribution >= 4 is 11.6 Å². The van der Waals surface area contributed by atoms with E-state index in [-0.39, 0.29) is 0 Å². The number of hydrogen-bond acceptors (Lipinski definition) is 4. The molecule has 21 heavy (non-hydrogen) atoms. The molecule has 1 heterocycles. The lowest BCUT2D eigenvalue weighted by molar-refractivity contribution is 0.177. The largest absolute Gasteiger partial charge is 0.493 e. The van der Waals surface area contributed by atoms with Crippen LogP contribution in [0.25, 0.3) is 0 Å². The van der Waals surface area contributed by atoms with E-state index in [2.05, 4.69) is 5.10 Å². The van der Waals surface area contributed by atoms with E-state index in [4.69, 9.17) is 21.1 Å². The van der Waals surface area contributed by atoms with E-state index in [0.717, 1.165) is 16.8 Å². The van der Waals surface area contributed by atoms with Gasteiger partial charge in [0.25, 0.3) is 0 Å². The third-order valence-electron chi connectivity index (χ3n) is 3.46. The molecule has 1 unspecified atom stereocenters. The first-order chi connectivity index (χ1) is 9.97.